The number of carboxylic acid groups (broad SMARTS) is 1. The molecule has 0 amide bonds. The van der Waals surface area contributed by atoms with E-state index in [1.807, 2.05) is 13.8 Å². The maximum absolute atomic E-state index is 12.2. The number of aliphatic carboxylic acids is 1. The fourth-order valence-corrected chi connectivity index (χ4v) is 5.96. The molecule has 11 heteroatoms. The number of hydrogen-bond acceptors (Lipinski definition) is 9. The van der Waals surface area contributed by atoms with E-state index in [-0.39, 0.29) is 0 Å². The van der Waals surface area contributed by atoms with Crippen LogP contribution in [0.1, 0.15) is 47.2 Å². The van der Waals surface area contributed by atoms with Gasteiger partial charge in [-0.2, -0.15) is 0 Å². The largest absolute Gasteiger partial charge is 0.476 e. The van der Waals surface area contributed by atoms with E-state index in [1.165, 1.54) is 11.3 Å². The number of rotatable bonds is 9. The predicted molar refractivity (Wildman–Crippen MR) is 116 cm³/mol. The van der Waals surface area contributed by atoms with Gasteiger partial charge in [0.25, 0.3) is 5.71 Å². The molecule has 0 aromatic carbocycles. The summed E-state index contributed by atoms with van der Waals surface area (Å²) in [5, 5.41) is 15.1. The molecule has 1 atom stereocenters. The molecule has 28 heavy (non-hydrogen) atoms. The third kappa shape index (κ3) is 6.83. The molecule has 0 aliphatic rings. The maximum atomic E-state index is 12.2. The van der Waals surface area contributed by atoms with Crippen molar-refractivity contribution in [3.63, 3.8) is 0 Å². The van der Waals surface area contributed by atoms with Gasteiger partial charge in [-0.25, -0.2) is 14.6 Å². The van der Waals surface area contributed by atoms with Crippen molar-refractivity contribution in [3.05, 3.63) is 11.1 Å². The van der Waals surface area contributed by atoms with Gasteiger partial charge in [-0.3, -0.25) is 0 Å². The van der Waals surface area contributed by atoms with Crippen LogP contribution in [-0.2, 0) is 36.6 Å². The summed E-state index contributed by atoms with van der Waals surface area (Å²) in [7, 11) is 0. The summed E-state index contributed by atoms with van der Waals surface area (Å²) in [4.78, 5) is 33.6. The summed E-state index contributed by atoms with van der Waals surface area (Å²) >= 11 is 7.07. The van der Waals surface area contributed by atoms with Crippen LogP contribution in [0, 0.1) is 0 Å². The van der Waals surface area contributed by atoms with Crippen LogP contribution in [0.2, 0.25) is 0 Å². The number of aromatic nitrogens is 1. The van der Waals surface area contributed by atoms with E-state index in [0.717, 1.165) is 12.3 Å². The number of thiazole rings is 1. The summed E-state index contributed by atoms with van der Waals surface area (Å²) < 4.78 is 5.10. The first-order chi connectivity index (χ1) is 12.7. The lowest BCUT2D eigenvalue weighted by Gasteiger charge is -2.31. The first-order valence-corrected chi connectivity index (χ1v) is 13.0. The van der Waals surface area contributed by atoms with Gasteiger partial charge in [0, 0.05) is 11.5 Å². The number of anilines is 1. The molecule has 1 unspecified atom stereocenters. The fraction of sp³-hybridized carbons (Fsp3) is 0.647. The van der Waals surface area contributed by atoms with E-state index in [1.54, 1.807) is 33.1 Å². The molecular weight excluding hydrogens is 421 g/mol. The van der Waals surface area contributed by atoms with Crippen molar-refractivity contribution >= 4 is 52.0 Å². The molecule has 1 rings (SSSR count). The quantitative estimate of drug-likeness (QED) is 0.194. The number of hydrogen-bond donors (Lipinski definition) is 2. The molecule has 3 N–H and O–H groups in total. The number of esters is 1. The SMILES string of the molecule is CCP(=S)(CC)CC(C)(ON=C(C(=O)O)C(=O)OC(C)(C)C)c1csc(N)n1. The Morgan fingerprint density at radius 1 is 1.32 bits per heavy atom. The highest BCUT2D eigenvalue weighted by Gasteiger charge is 2.38. The average Bonchev–Trinajstić information content (AvgIpc) is 3.00. The van der Waals surface area contributed by atoms with Gasteiger partial charge in [-0.05, 0) is 46.1 Å². The van der Waals surface area contributed by atoms with E-state index >= 15 is 0 Å². The second-order valence-corrected chi connectivity index (χ2v) is 14.4. The summed E-state index contributed by atoms with van der Waals surface area (Å²) in [5.74, 6) is -2.62. The van der Waals surface area contributed by atoms with Crippen LogP contribution in [0.5, 0.6) is 0 Å². The minimum atomic E-state index is -1.80. The topological polar surface area (TPSA) is 124 Å². The van der Waals surface area contributed by atoms with Gasteiger partial charge in [-0.1, -0.05) is 30.8 Å². The lowest BCUT2D eigenvalue weighted by Crippen LogP contribution is -2.35. The Labute approximate surface area is 174 Å². The third-order valence-corrected chi connectivity index (χ3v) is 10.0. The van der Waals surface area contributed by atoms with Crippen molar-refractivity contribution in [2.45, 2.75) is 52.7 Å². The summed E-state index contributed by atoms with van der Waals surface area (Å²) in [6.45, 7) is 10.7. The first kappa shape index (κ1) is 24.5. The van der Waals surface area contributed by atoms with E-state index in [9.17, 15) is 14.7 Å². The zero-order valence-corrected chi connectivity index (χ0v) is 19.5. The van der Waals surface area contributed by atoms with Gasteiger partial charge < -0.3 is 20.4 Å². The number of carbonyl (C=O) groups is 2. The zero-order valence-electron chi connectivity index (χ0n) is 17.0. The summed E-state index contributed by atoms with van der Waals surface area (Å²) in [6, 6.07) is -1.80. The smallest absolute Gasteiger partial charge is 0.368 e. The van der Waals surface area contributed by atoms with Gasteiger partial charge in [0.05, 0.1) is 0 Å². The van der Waals surface area contributed by atoms with Crippen molar-refractivity contribution in [1.29, 1.82) is 0 Å². The number of carbonyl (C=O) groups excluding carboxylic acids is 1. The van der Waals surface area contributed by atoms with Crippen LogP contribution in [0.25, 0.3) is 0 Å². The number of nitrogens with zero attached hydrogens (tertiary/aromatic N) is 2. The third-order valence-electron chi connectivity index (χ3n) is 3.94. The summed E-state index contributed by atoms with van der Waals surface area (Å²) in [5.41, 5.74) is 3.44. The van der Waals surface area contributed by atoms with Crippen LogP contribution in [0.15, 0.2) is 10.5 Å². The molecule has 8 nitrogen and oxygen atoms in total. The standard InChI is InChI=1S/C17H28N3O5PS2/c1-7-26(27,8-2)10-17(6,11-9-28-15(18)19-11)25-20-12(13(21)22)14(23)24-16(3,4)5/h9H,7-8,10H2,1-6H3,(H2,18,19)(H,21,22). The Bertz CT molecular complexity index is 795. The molecule has 0 fully saturated rings. The van der Waals surface area contributed by atoms with E-state index in [0.29, 0.717) is 17.0 Å². The van der Waals surface area contributed by atoms with Crippen molar-refractivity contribution in [2.75, 3.05) is 24.2 Å². The normalized spacial score (nSPS) is 15.0. The number of nitrogens with two attached hydrogens (primary N) is 1. The van der Waals surface area contributed by atoms with Crippen molar-refractivity contribution in [3.8, 4) is 0 Å². The van der Waals surface area contributed by atoms with Crippen LogP contribution in [0.4, 0.5) is 5.13 Å². The first-order valence-electron chi connectivity index (χ1n) is 8.76. The van der Waals surface area contributed by atoms with Crippen molar-refractivity contribution in [1.82, 2.24) is 4.98 Å². The molecule has 0 aliphatic heterocycles. The number of ether oxygens (including phenoxy) is 1. The molecule has 0 spiro atoms. The van der Waals surface area contributed by atoms with Gasteiger partial charge in [0.15, 0.2) is 10.7 Å². The van der Waals surface area contributed by atoms with Crippen molar-refractivity contribution < 1.29 is 24.3 Å². The molecule has 0 aliphatic carbocycles. The highest BCUT2D eigenvalue weighted by atomic mass is 32.4. The molecule has 0 radical (unpaired) electrons. The Morgan fingerprint density at radius 2 is 1.89 bits per heavy atom. The highest BCUT2D eigenvalue weighted by molar-refractivity contribution is 8.14. The van der Waals surface area contributed by atoms with E-state index in [2.05, 4.69) is 10.1 Å². The lowest BCUT2D eigenvalue weighted by molar-refractivity contribution is -0.148. The van der Waals surface area contributed by atoms with Crippen LogP contribution < -0.4 is 5.73 Å². The van der Waals surface area contributed by atoms with Crippen LogP contribution in [0.3, 0.4) is 0 Å². The molecule has 0 saturated carbocycles. The lowest BCUT2D eigenvalue weighted by atomic mass is 10.1. The second-order valence-electron chi connectivity index (χ2n) is 7.49. The molecular formula is C17H28N3O5PS2. The average molecular weight is 450 g/mol. The van der Waals surface area contributed by atoms with E-state index < -0.39 is 34.9 Å². The molecule has 1 aromatic heterocycles. The highest BCUT2D eigenvalue weighted by Crippen LogP contribution is 2.51. The Hall–Kier alpha value is -1.51. The van der Waals surface area contributed by atoms with Crippen LogP contribution >= 0.6 is 17.4 Å². The Kier molecular flexibility index (Phi) is 8.17. The molecule has 0 saturated heterocycles. The minimum absolute atomic E-state index is 0.348. The fourth-order valence-electron chi connectivity index (χ4n) is 2.32. The Balaban J connectivity index is 3.31. The van der Waals surface area contributed by atoms with Crippen LogP contribution in [-0.4, -0.2) is 51.8 Å². The second kappa shape index (κ2) is 9.33. The summed E-state index contributed by atoms with van der Waals surface area (Å²) in [6.07, 6.45) is 2.05. The van der Waals surface area contributed by atoms with Gasteiger partial charge in [0.1, 0.15) is 11.3 Å². The van der Waals surface area contributed by atoms with Gasteiger partial charge >= 0.3 is 11.9 Å². The number of nitrogen functional groups attached to an aromatic ring is 1. The predicted octanol–water partition coefficient (Wildman–Crippen LogP) is 3.26. The van der Waals surface area contributed by atoms with E-state index in [4.69, 9.17) is 27.1 Å². The molecule has 1 aromatic rings. The van der Waals surface area contributed by atoms with Gasteiger partial charge in [0.2, 0.25) is 0 Å². The maximum Gasteiger partial charge on any atom is 0.368 e. The zero-order chi connectivity index (χ0) is 21.8. The number of carboxylic acids is 1. The molecule has 0 bridgehead atoms. The van der Waals surface area contributed by atoms with Crippen molar-refractivity contribution in [2.24, 2.45) is 5.16 Å². The number of oxime groups is 1. The molecule has 158 valence electrons. The Morgan fingerprint density at radius 3 is 2.29 bits per heavy atom. The molecule has 1 heterocycles. The minimum Gasteiger partial charge on any atom is -0.476 e. The van der Waals surface area contributed by atoms with Gasteiger partial charge in [-0.15, -0.1) is 11.3 Å². The monoisotopic (exact) mass is 449 g/mol.